The molecule has 0 radical (unpaired) electrons. The SMILES string of the molecule is CC(C)n1cc(CN2C[C@@H]3[C@@H](CNc4ncccn4)CO[C@@H]3C2)cn1. The summed E-state index contributed by atoms with van der Waals surface area (Å²) in [7, 11) is 0. The molecule has 0 amide bonds. The zero-order valence-corrected chi connectivity index (χ0v) is 14.9. The minimum atomic E-state index is 0.351. The molecule has 1 N–H and O–H groups in total. The van der Waals surface area contributed by atoms with Crippen molar-refractivity contribution >= 4 is 5.95 Å². The van der Waals surface area contributed by atoms with Crippen molar-refractivity contribution in [2.75, 3.05) is 31.6 Å². The molecule has 0 unspecified atom stereocenters. The van der Waals surface area contributed by atoms with Crippen LogP contribution in [0.1, 0.15) is 25.5 Å². The van der Waals surface area contributed by atoms with E-state index in [0.29, 0.717) is 29.9 Å². The molecule has 2 aliphatic rings. The van der Waals surface area contributed by atoms with Crippen LogP contribution in [0.25, 0.3) is 0 Å². The topological polar surface area (TPSA) is 68.1 Å². The molecule has 3 atom stereocenters. The number of rotatable bonds is 6. The minimum absolute atomic E-state index is 0.351. The number of hydrogen-bond donors (Lipinski definition) is 1. The smallest absolute Gasteiger partial charge is 0.222 e. The molecule has 4 rings (SSSR count). The van der Waals surface area contributed by atoms with E-state index in [0.717, 1.165) is 32.8 Å². The lowest BCUT2D eigenvalue weighted by Gasteiger charge is -2.19. The van der Waals surface area contributed by atoms with Gasteiger partial charge in [0.2, 0.25) is 5.95 Å². The van der Waals surface area contributed by atoms with Crippen LogP contribution in [0, 0.1) is 11.8 Å². The van der Waals surface area contributed by atoms with Gasteiger partial charge in [-0.2, -0.15) is 5.10 Å². The lowest BCUT2D eigenvalue weighted by atomic mass is 9.93. The van der Waals surface area contributed by atoms with Gasteiger partial charge in [0.05, 0.1) is 18.9 Å². The average Bonchev–Trinajstić information content (AvgIpc) is 3.31. The largest absolute Gasteiger partial charge is 0.376 e. The van der Waals surface area contributed by atoms with E-state index in [2.05, 4.69) is 45.3 Å². The van der Waals surface area contributed by atoms with Crippen LogP contribution in [0.5, 0.6) is 0 Å². The van der Waals surface area contributed by atoms with Gasteiger partial charge in [-0.1, -0.05) is 0 Å². The molecule has 0 spiro atoms. The second-order valence-corrected chi connectivity index (χ2v) is 7.37. The Morgan fingerprint density at radius 1 is 1.28 bits per heavy atom. The summed E-state index contributed by atoms with van der Waals surface area (Å²) < 4.78 is 8.07. The number of fused-ring (bicyclic) bond motifs is 1. The van der Waals surface area contributed by atoms with Crippen molar-refractivity contribution in [1.29, 1.82) is 0 Å². The number of anilines is 1. The number of hydrogen-bond acceptors (Lipinski definition) is 6. The predicted molar refractivity (Wildman–Crippen MR) is 95.1 cm³/mol. The first kappa shape index (κ1) is 16.5. The van der Waals surface area contributed by atoms with Gasteiger partial charge in [-0.05, 0) is 19.9 Å². The number of aromatic nitrogens is 4. The maximum absolute atomic E-state index is 6.05. The molecule has 2 fully saturated rings. The van der Waals surface area contributed by atoms with Gasteiger partial charge in [0, 0.05) is 68.2 Å². The zero-order chi connectivity index (χ0) is 17.2. The molecule has 0 bridgehead atoms. The van der Waals surface area contributed by atoms with E-state index in [-0.39, 0.29) is 0 Å². The van der Waals surface area contributed by atoms with Crippen LogP contribution in [-0.4, -0.2) is 57.0 Å². The number of nitrogens with one attached hydrogen (secondary N) is 1. The lowest BCUT2D eigenvalue weighted by Crippen LogP contribution is -2.27. The third-order valence-electron chi connectivity index (χ3n) is 5.19. The molecule has 2 aliphatic heterocycles. The molecule has 2 saturated heterocycles. The van der Waals surface area contributed by atoms with Gasteiger partial charge in [-0.15, -0.1) is 0 Å². The van der Waals surface area contributed by atoms with Crippen molar-refractivity contribution < 1.29 is 4.74 Å². The van der Waals surface area contributed by atoms with Crippen molar-refractivity contribution in [3.05, 3.63) is 36.4 Å². The summed E-state index contributed by atoms with van der Waals surface area (Å²) in [6.07, 6.45) is 8.02. The highest BCUT2D eigenvalue weighted by atomic mass is 16.5. The quantitative estimate of drug-likeness (QED) is 0.864. The summed E-state index contributed by atoms with van der Waals surface area (Å²) in [6.45, 7) is 9.04. The molecule has 7 nitrogen and oxygen atoms in total. The summed E-state index contributed by atoms with van der Waals surface area (Å²) in [5.74, 6) is 1.79. The van der Waals surface area contributed by atoms with E-state index >= 15 is 0 Å². The fourth-order valence-corrected chi connectivity index (χ4v) is 3.83. The van der Waals surface area contributed by atoms with E-state index in [1.807, 2.05) is 16.9 Å². The van der Waals surface area contributed by atoms with Crippen molar-refractivity contribution in [3.8, 4) is 0 Å². The number of ether oxygens (including phenoxy) is 1. The van der Waals surface area contributed by atoms with Crippen LogP contribution in [-0.2, 0) is 11.3 Å². The minimum Gasteiger partial charge on any atom is -0.376 e. The van der Waals surface area contributed by atoms with Gasteiger partial charge in [0.15, 0.2) is 0 Å². The Morgan fingerprint density at radius 3 is 2.88 bits per heavy atom. The highest BCUT2D eigenvalue weighted by Gasteiger charge is 2.43. The van der Waals surface area contributed by atoms with E-state index in [1.54, 1.807) is 12.4 Å². The average molecular weight is 342 g/mol. The fourth-order valence-electron chi connectivity index (χ4n) is 3.83. The predicted octanol–water partition coefficient (Wildman–Crippen LogP) is 1.81. The summed E-state index contributed by atoms with van der Waals surface area (Å²) >= 11 is 0. The number of nitrogens with zero attached hydrogens (tertiary/aromatic N) is 5. The van der Waals surface area contributed by atoms with Crippen LogP contribution >= 0.6 is 0 Å². The molecule has 2 aromatic heterocycles. The maximum atomic E-state index is 6.05. The van der Waals surface area contributed by atoms with Crippen molar-refractivity contribution in [2.24, 2.45) is 11.8 Å². The van der Waals surface area contributed by atoms with Gasteiger partial charge < -0.3 is 10.1 Å². The third kappa shape index (κ3) is 3.67. The zero-order valence-electron chi connectivity index (χ0n) is 14.9. The Labute approximate surface area is 148 Å². The Balaban J connectivity index is 1.31. The molecule has 7 heteroatoms. The summed E-state index contributed by atoms with van der Waals surface area (Å²) in [4.78, 5) is 10.9. The maximum Gasteiger partial charge on any atom is 0.222 e. The normalized spacial score (nSPS) is 26.3. The van der Waals surface area contributed by atoms with Crippen LogP contribution < -0.4 is 5.32 Å². The van der Waals surface area contributed by atoms with Crippen LogP contribution in [0.4, 0.5) is 5.95 Å². The third-order valence-corrected chi connectivity index (χ3v) is 5.19. The molecule has 2 aromatic rings. The highest BCUT2D eigenvalue weighted by Crippen LogP contribution is 2.34. The van der Waals surface area contributed by atoms with Gasteiger partial charge in [0.25, 0.3) is 0 Å². The molecular formula is C18H26N6O. The monoisotopic (exact) mass is 342 g/mol. The summed E-state index contributed by atoms with van der Waals surface area (Å²) in [5.41, 5.74) is 1.28. The first-order valence-corrected chi connectivity index (χ1v) is 9.07. The van der Waals surface area contributed by atoms with Crippen LogP contribution in [0.15, 0.2) is 30.9 Å². The molecule has 0 aliphatic carbocycles. The van der Waals surface area contributed by atoms with Crippen molar-refractivity contribution in [3.63, 3.8) is 0 Å². The van der Waals surface area contributed by atoms with E-state index in [9.17, 15) is 0 Å². The van der Waals surface area contributed by atoms with E-state index in [1.165, 1.54) is 5.56 Å². The van der Waals surface area contributed by atoms with Crippen molar-refractivity contribution in [1.82, 2.24) is 24.6 Å². The summed E-state index contributed by atoms with van der Waals surface area (Å²) in [6, 6.07) is 2.24. The van der Waals surface area contributed by atoms with Gasteiger partial charge >= 0.3 is 0 Å². The first-order chi connectivity index (χ1) is 12.2. The molecule has 4 heterocycles. The van der Waals surface area contributed by atoms with Gasteiger partial charge in [-0.3, -0.25) is 9.58 Å². The summed E-state index contributed by atoms with van der Waals surface area (Å²) in [5, 5.41) is 7.79. The van der Waals surface area contributed by atoms with Crippen LogP contribution in [0.3, 0.4) is 0 Å². The molecular weight excluding hydrogens is 316 g/mol. The first-order valence-electron chi connectivity index (χ1n) is 9.07. The molecule has 25 heavy (non-hydrogen) atoms. The second-order valence-electron chi connectivity index (χ2n) is 7.37. The standard InChI is InChI=1S/C18H26N6O/c1-13(2)24-9-14(6-22-24)8-23-10-16-15(12-25-17(16)11-23)7-21-18-19-4-3-5-20-18/h3-6,9,13,15-17H,7-8,10-12H2,1-2H3,(H,19,20,21)/t15-,16+,17+/m0/s1. The Kier molecular flexibility index (Phi) is 4.67. The van der Waals surface area contributed by atoms with Gasteiger partial charge in [-0.25, -0.2) is 9.97 Å². The second kappa shape index (κ2) is 7.09. The highest BCUT2D eigenvalue weighted by molar-refractivity contribution is 5.22. The number of likely N-dealkylation sites (tertiary alicyclic amines) is 1. The van der Waals surface area contributed by atoms with Crippen LogP contribution in [0.2, 0.25) is 0 Å². The lowest BCUT2D eigenvalue weighted by molar-refractivity contribution is 0.0946. The Bertz CT molecular complexity index is 688. The Hall–Kier alpha value is -1.99. The fraction of sp³-hybridized carbons (Fsp3) is 0.611. The molecule has 0 saturated carbocycles. The van der Waals surface area contributed by atoms with Crippen molar-refractivity contribution in [2.45, 2.75) is 32.5 Å². The van der Waals surface area contributed by atoms with E-state index in [4.69, 9.17) is 4.74 Å². The van der Waals surface area contributed by atoms with Gasteiger partial charge in [0.1, 0.15) is 0 Å². The molecule has 0 aromatic carbocycles. The van der Waals surface area contributed by atoms with E-state index < -0.39 is 0 Å². The molecule has 134 valence electrons. The Morgan fingerprint density at radius 2 is 2.12 bits per heavy atom.